The van der Waals surface area contributed by atoms with E-state index in [1.165, 1.54) is 6.92 Å². The average molecular weight is 268 g/mol. The number of hydrogen-bond acceptors (Lipinski definition) is 4. The van der Waals surface area contributed by atoms with Gasteiger partial charge in [-0.1, -0.05) is 32.0 Å². The standard InChI is InChI=1S/C12H19NO2.C2H5NO/c1-10(2)13-8-11(14)9-15-12-6-4-3-5-7-12;1-2(3)4/h3-7,10-11,13-14H,8-9H2,1-2H3;1H3,(H2,3,4). The van der Waals surface area contributed by atoms with E-state index < -0.39 is 6.10 Å². The van der Waals surface area contributed by atoms with Crippen LogP contribution < -0.4 is 15.8 Å². The minimum atomic E-state index is -0.465. The normalized spacial score (nSPS) is 11.4. The zero-order valence-corrected chi connectivity index (χ0v) is 11.8. The Balaban J connectivity index is 0.000000711. The molecule has 0 saturated carbocycles. The van der Waals surface area contributed by atoms with E-state index in [1.807, 2.05) is 44.2 Å². The van der Waals surface area contributed by atoms with E-state index in [1.54, 1.807) is 0 Å². The molecule has 1 rings (SSSR count). The van der Waals surface area contributed by atoms with E-state index in [0.717, 1.165) is 5.75 Å². The average Bonchev–Trinajstić information content (AvgIpc) is 2.34. The van der Waals surface area contributed by atoms with Crippen LogP contribution in [0.25, 0.3) is 0 Å². The smallest absolute Gasteiger partial charge is 0.214 e. The Bertz CT molecular complexity index is 338. The van der Waals surface area contributed by atoms with Crippen molar-refractivity contribution in [3.8, 4) is 5.75 Å². The zero-order valence-electron chi connectivity index (χ0n) is 11.8. The molecule has 19 heavy (non-hydrogen) atoms. The van der Waals surface area contributed by atoms with E-state index in [9.17, 15) is 9.90 Å². The summed E-state index contributed by atoms with van der Waals surface area (Å²) in [7, 11) is 0. The quantitative estimate of drug-likeness (QED) is 0.716. The SMILES string of the molecule is CC(C)NCC(O)COc1ccccc1.CC(N)=O. The molecule has 0 saturated heterocycles. The second-order valence-corrected chi connectivity index (χ2v) is 4.45. The number of hydrogen-bond donors (Lipinski definition) is 3. The zero-order chi connectivity index (χ0) is 14.7. The summed E-state index contributed by atoms with van der Waals surface area (Å²) in [6, 6.07) is 9.90. The third-order valence-electron chi connectivity index (χ3n) is 1.95. The van der Waals surface area contributed by atoms with Crippen LogP contribution in [-0.4, -0.2) is 36.3 Å². The molecule has 1 atom stereocenters. The predicted octanol–water partition coefficient (Wildman–Crippen LogP) is 0.916. The van der Waals surface area contributed by atoms with Crippen LogP contribution in [0.15, 0.2) is 30.3 Å². The molecule has 108 valence electrons. The van der Waals surface area contributed by atoms with Gasteiger partial charge in [-0.3, -0.25) is 4.79 Å². The fraction of sp³-hybridized carbons (Fsp3) is 0.500. The lowest BCUT2D eigenvalue weighted by Crippen LogP contribution is -2.35. The number of amides is 1. The van der Waals surface area contributed by atoms with Gasteiger partial charge < -0.3 is 20.9 Å². The Morgan fingerprint density at radius 3 is 2.37 bits per heavy atom. The maximum absolute atomic E-state index is 9.57. The van der Waals surface area contributed by atoms with E-state index in [-0.39, 0.29) is 5.91 Å². The Morgan fingerprint density at radius 2 is 1.89 bits per heavy atom. The molecule has 1 unspecified atom stereocenters. The molecule has 4 N–H and O–H groups in total. The third kappa shape index (κ3) is 12.7. The second kappa shape index (κ2) is 10.3. The molecule has 0 bridgehead atoms. The number of carbonyl (C=O) groups is 1. The van der Waals surface area contributed by atoms with Crippen molar-refractivity contribution in [3.63, 3.8) is 0 Å². The molecule has 1 aromatic rings. The summed E-state index contributed by atoms with van der Waals surface area (Å²) in [6.45, 7) is 6.28. The van der Waals surface area contributed by atoms with Crippen LogP contribution in [-0.2, 0) is 4.79 Å². The Hall–Kier alpha value is -1.59. The Labute approximate surface area is 114 Å². The van der Waals surface area contributed by atoms with E-state index in [2.05, 4.69) is 11.1 Å². The predicted molar refractivity (Wildman–Crippen MR) is 76.0 cm³/mol. The topological polar surface area (TPSA) is 84.6 Å². The van der Waals surface area contributed by atoms with Crippen molar-refractivity contribution in [3.05, 3.63) is 30.3 Å². The van der Waals surface area contributed by atoms with Gasteiger partial charge in [0.15, 0.2) is 0 Å². The van der Waals surface area contributed by atoms with Crippen molar-refractivity contribution in [1.82, 2.24) is 5.32 Å². The highest BCUT2D eigenvalue weighted by Crippen LogP contribution is 2.08. The number of rotatable bonds is 6. The third-order valence-corrected chi connectivity index (χ3v) is 1.95. The summed E-state index contributed by atoms with van der Waals surface area (Å²) in [5.74, 6) is 0.459. The lowest BCUT2D eigenvalue weighted by Gasteiger charge is -2.14. The molecule has 0 fully saturated rings. The fourth-order valence-electron chi connectivity index (χ4n) is 1.14. The lowest BCUT2D eigenvalue weighted by atomic mass is 10.3. The molecule has 0 spiro atoms. The molecule has 0 aliphatic carbocycles. The van der Waals surface area contributed by atoms with Gasteiger partial charge in [-0.05, 0) is 12.1 Å². The lowest BCUT2D eigenvalue weighted by molar-refractivity contribution is -0.115. The monoisotopic (exact) mass is 268 g/mol. The fourth-order valence-corrected chi connectivity index (χ4v) is 1.14. The van der Waals surface area contributed by atoms with Gasteiger partial charge in [0.25, 0.3) is 0 Å². The van der Waals surface area contributed by atoms with Gasteiger partial charge in [0.05, 0.1) is 0 Å². The van der Waals surface area contributed by atoms with Crippen LogP contribution in [0, 0.1) is 0 Å². The van der Waals surface area contributed by atoms with Crippen LogP contribution in [0.1, 0.15) is 20.8 Å². The highest BCUT2D eigenvalue weighted by Gasteiger charge is 2.05. The molecule has 0 heterocycles. The molecule has 1 aromatic carbocycles. The maximum Gasteiger partial charge on any atom is 0.214 e. The maximum atomic E-state index is 9.57. The molecular weight excluding hydrogens is 244 g/mol. The first-order valence-electron chi connectivity index (χ1n) is 6.27. The molecule has 0 aliphatic rings. The Morgan fingerprint density at radius 1 is 1.37 bits per heavy atom. The first kappa shape index (κ1) is 17.4. The summed E-state index contributed by atoms with van der Waals surface area (Å²) in [6.07, 6.45) is -0.465. The van der Waals surface area contributed by atoms with Crippen molar-refractivity contribution in [2.45, 2.75) is 32.9 Å². The van der Waals surface area contributed by atoms with Crippen LogP contribution in [0.2, 0.25) is 0 Å². The minimum Gasteiger partial charge on any atom is -0.491 e. The van der Waals surface area contributed by atoms with Gasteiger partial charge >= 0.3 is 0 Å². The summed E-state index contributed by atoms with van der Waals surface area (Å²) >= 11 is 0. The van der Waals surface area contributed by atoms with Gasteiger partial charge in [0.2, 0.25) is 5.91 Å². The number of aliphatic hydroxyl groups excluding tert-OH is 1. The number of carbonyl (C=O) groups excluding carboxylic acids is 1. The first-order chi connectivity index (χ1) is 8.91. The number of primary amides is 1. The van der Waals surface area contributed by atoms with Crippen molar-refractivity contribution in [1.29, 1.82) is 0 Å². The molecule has 0 aliphatic heterocycles. The minimum absolute atomic E-state index is 0.323. The number of nitrogens with two attached hydrogens (primary N) is 1. The Kier molecular flexibility index (Phi) is 9.48. The molecule has 0 radical (unpaired) electrons. The van der Waals surface area contributed by atoms with Crippen molar-refractivity contribution >= 4 is 5.91 Å². The molecule has 1 amide bonds. The summed E-state index contributed by atoms with van der Waals surface area (Å²) in [5, 5.41) is 12.7. The molecule has 5 heteroatoms. The van der Waals surface area contributed by atoms with Crippen LogP contribution in [0.5, 0.6) is 5.75 Å². The highest BCUT2D eigenvalue weighted by atomic mass is 16.5. The van der Waals surface area contributed by atoms with Crippen LogP contribution in [0.3, 0.4) is 0 Å². The van der Waals surface area contributed by atoms with Gasteiger partial charge in [-0.15, -0.1) is 0 Å². The van der Waals surface area contributed by atoms with E-state index in [0.29, 0.717) is 19.2 Å². The van der Waals surface area contributed by atoms with Gasteiger partial charge in [0.1, 0.15) is 18.5 Å². The van der Waals surface area contributed by atoms with Crippen LogP contribution in [0.4, 0.5) is 0 Å². The second-order valence-electron chi connectivity index (χ2n) is 4.45. The number of aliphatic hydroxyl groups is 1. The molecule has 0 aromatic heterocycles. The number of ether oxygens (including phenoxy) is 1. The number of nitrogens with one attached hydrogen (secondary N) is 1. The summed E-state index contributed by atoms with van der Waals surface area (Å²) < 4.78 is 5.41. The first-order valence-corrected chi connectivity index (χ1v) is 6.27. The summed E-state index contributed by atoms with van der Waals surface area (Å²) in [5.41, 5.74) is 4.47. The number of benzene rings is 1. The van der Waals surface area contributed by atoms with Gasteiger partial charge in [0, 0.05) is 19.5 Å². The highest BCUT2D eigenvalue weighted by molar-refractivity contribution is 5.70. The van der Waals surface area contributed by atoms with Crippen molar-refractivity contribution < 1.29 is 14.6 Å². The van der Waals surface area contributed by atoms with Crippen molar-refractivity contribution in [2.75, 3.05) is 13.2 Å². The van der Waals surface area contributed by atoms with Gasteiger partial charge in [-0.25, -0.2) is 0 Å². The van der Waals surface area contributed by atoms with E-state index >= 15 is 0 Å². The largest absolute Gasteiger partial charge is 0.491 e. The van der Waals surface area contributed by atoms with Crippen molar-refractivity contribution in [2.24, 2.45) is 5.73 Å². The molecule has 5 nitrogen and oxygen atoms in total. The number of para-hydroxylation sites is 1. The molecular formula is C14H24N2O3. The van der Waals surface area contributed by atoms with Gasteiger partial charge in [-0.2, -0.15) is 0 Å². The van der Waals surface area contributed by atoms with Crippen LogP contribution >= 0.6 is 0 Å². The van der Waals surface area contributed by atoms with E-state index in [4.69, 9.17) is 4.74 Å². The summed E-state index contributed by atoms with van der Waals surface area (Å²) in [4.78, 5) is 9.22.